The normalized spacial score (nSPS) is 13.4. The molecule has 31 heavy (non-hydrogen) atoms. The van der Waals surface area contributed by atoms with Gasteiger partial charge in [-0.05, 0) is 73.2 Å². The fourth-order valence-corrected chi connectivity index (χ4v) is 5.15. The molecule has 1 heterocycles. The Labute approximate surface area is 186 Å². The number of aryl methyl sites for hydroxylation is 1. The van der Waals surface area contributed by atoms with Gasteiger partial charge in [0.05, 0.1) is 32.2 Å². The zero-order valence-electron chi connectivity index (χ0n) is 16.0. The van der Waals surface area contributed by atoms with Crippen LogP contribution in [0.5, 0.6) is 0 Å². The monoisotopic (exact) mass is 499 g/mol. The van der Waals surface area contributed by atoms with Crippen molar-refractivity contribution in [1.82, 2.24) is 0 Å². The SMILES string of the molecule is Cc1cc(Br)ccc1N1C(=O)c2ccc(S(=O)(=O)c3ccc(C(=O)O)cc3)cc2C1=O. The maximum atomic E-state index is 13.0. The molecule has 0 fully saturated rings. The van der Waals surface area contributed by atoms with E-state index in [-0.39, 0.29) is 26.5 Å². The van der Waals surface area contributed by atoms with Gasteiger partial charge < -0.3 is 5.11 Å². The summed E-state index contributed by atoms with van der Waals surface area (Å²) >= 11 is 3.34. The Bertz CT molecular complexity index is 1380. The maximum absolute atomic E-state index is 13.0. The van der Waals surface area contributed by atoms with Crippen molar-refractivity contribution in [2.24, 2.45) is 0 Å². The van der Waals surface area contributed by atoms with Crippen LogP contribution in [-0.2, 0) is 9.84 Å². The van der Waals surface area contributed by atoms with Gasteiger partial charge in [-0.2, -0.15) is 0 Å². The Morgan fingerprint density at radius 1 is 0.871 bits per heavy atom. The van der Waals surface area contributed by atoms with E-state index in [0.717, 1.165) is 9.37 Å². The fourth-order valence-electron chi connectivity index (χ4n) is 3.39. The highest BCUT2D eigenvalue weighted by molar-refractivity contribution is 9.10. The predicted molar refractivity (Wildman–Crippen MR) is 115 cm³/mol. The summed E-state index contributed by atoms with van der Waals surface area (Å²) in [6.45, 7) is 1.76. The summed E-state index contributed by atoms with van der Waals surface area (Å²) in [4.78, 5) is 37.6. The van der Waals surface area contributed by atoms with Crippen molar-refractivity contribution in [1.29, 1.82) is 0 Å². The van der Waals surface area contributed by atoms with E-state index in [1.807, 2.05) is 0 Å². The summed E-state index contributed by atoms with van der Waals surface area (Å²) in [7, 11) is -4.02. The van der Waals surface area contributed by atoms with Crippen LogP contribution in [0, 0.1) is 6.92 Å². The molecule has 9 heteroatoms. The Morgan fingerprint density at radius 2 is 1.48 bits per heavy atom. The van der Waals surface area contributed by atoms with Crippen molar-refractivity contribution in [3.63, 3.8) is 0 Å². The number of carbonyl (C=O) groups is 3. The average molecular weight is 500 g/mol. The highest BCUT2D eigenvalue weighted by atomic mass is 79.9. The number of benzene rings is 3. The molecule has 0 bridgehead atoms. The van der Waals surface area contributed by atoms with Gasteiger partial charge in [0.1, 0.15) is 0 Å². The highest BCUT2D eigenvalue weighted by Gasteiger charge is 2.38. The second-order valence-corrected chi connectivity index (χ2v) is 9.78. The summed E-state index contributed by atoms with van der Waals surface area (Å²) in [6, 6.07) is 13.7. The topological polar surface area (TPSA) is 109 Å². The number of fused-ring (bicyclic) bond motifs is 1. The van der Waals surface area contributed by atoms with Gasteiger partial charge in [-0.25, -0.2) is 18.1 Å². The van der Waals surface area contributed by atoms with Crippen LogP contribution in [0.25, 0.3) is 0 Å². The molecule has 0 saturated heterocycles. The van der Waals surface area contributed by atoms with Crippen molar-refractivity contribution >= 4 is 49.2 Å². The second-order valence-electron chi connectivity index (χ2n) is 6.92. The molecular formula is C22H14BrNO6S. The molecule has 3 aromatic carbocycles. The number of imide groups is 1. The number of carbonyl (C=O) groups excluding carboxylic acids is 2. The first-order chi connectivity index (χ1) is 14.6. The number of sulfone groups is 1. The lowest BCUT2D eigenvalue weighted by atomic mass is 10.1. The zero-order valence-corrected chi connectivity index (χ0v) is 18.4. The first-order valence-electron chi connectivity index (χ1n) is 8.98. The highest BCUT2D eigenvalue weighted by Crippen LogP contribution is 2.34. The van der Waals surface area contributed by atoms with Gasteiger partial charge in [0.2, 0.25) is 9.84 Å². The molecule has 0 aromatic heterocycles. The molecule has 0 atom stereocenters. The van der Waals surface area contributed by atoms with E-state index in [0.29, 0.717) is 11.3 Å². The van der Waals surface area contributed by atoms with Gasteiger partial charge in [-0.3, -0.25) is 9.59 Å². The Hall–Kier alpha value is -3.30. The molecule has 0 saturated carbocycles. The molecular weight excluding hydrogens is 486 g/mol. The summed E-state index contributed by atoms with van der Waals surface area (Å²) in [5, 5.41) is 8.98. The largest absolute Gasteiger partial charge is 0.478 e. The first-order valence-corrected chi connectivity index (χ1v) is 11.3. The minimum absolute atomic E-state index is 0.00412. The molecule has 1 aliphatic rings. The minimum atomic E-state index is -4.02. The number of nitrogens with zero attached hydrogens (tertiary/aromatic N) is 1. The lowest BCUT2D eigenvalue weighted by molar-refractivity contribution is 0.0696. The number of rotatable bonds is 4. The van der Waals surface area contributed by atoms with E-state index in [2.05, 4.69) is 15.9 Å². The third-order valence-electron chi connectivity index (χ3n) is 4.98. The van der Waals surface area contributed by atoms with Gasteiger partial charge in [-0.1, -0.05) is 15.9 Å². The third kappa shape index (κ3) is 3.45. The van der Waals surface area contributed by atoms with Crippen LogP contribution in [0.3, 0.4) is 0 Å². The third-order valence-corrected chi connectivity index (χ3v) is 7.24. The minimum Gasteiger partial charge on any atom is -0.478 e. The molecule has 156 valence electrons. The van der Waals surface area contributed by atoms with Crippen molar-refractivity contribution in [2.45, 2.75) is 16.7 Å². The molecule has 3 aromatic rings. The number of amides is 2. The quantitative estimate of drug-likeness (QED) is 0.541. The number of carboxylic acid groups (broad SMARTS) is 1. The van der Waals surface area contributed by atoms with Gasteiger partial charge in [-0.15, -0.1) is 0 Å². The van der Waals surface area contributed by atoms with Crippen molar-refractivity contribution in [2.75, 3.05) is 4.90 Å². The molecule has 1 aliphatic heterocycles. The Balaban J connectivity index is 1.75. The van der Waals surface area contributed by atoms with Crippen LogP contribution in [0.2, 0.25) is 0 Å². The van der Waals surface area contributed by atoms with Gasteiger partial charge in [0.15, 0.2) is 0 Å². The van der Waals surface area contributed by atoms with Crippen molar-refractivity contribution in [3.8, 4) is 0 Å². The molecule has 0 aliphatic carbocycles. The van der Waals surface area contributed by atoms with Crippen LogP contribution in [0.1, 0.15) is 36.6 Å². The van der Waals surface area contributed by atoms with Crippen LogP contribution in [0.15, 0.2) is 74.9 Å². The molecule has 0 unspecified atom stereocenters. The standard InChI is InChI=1S/C22H14BrNO6S/c1-12-10-14(23)4-9-19(12)24-20(25)17-8-7-16(11-18(17)21(24)26)31(29,30)15-5-2-13(3-6-15)22(27)28/h2-11H,1H3,(H,27,28). The summed E-state index contributed by atoms with van der Waals surface area (Å²) in [6.07, 6.45) is 0. The van der Waals surface area contributed by atoms with Crippen LogP contribution in [0.4, 0.5) is 5.69 Å². The lowest BCUT2D eigenvalue weighted by Gasteiger charge is -2.16. The predicted octanol–water partition coefficient (Wildman–Crippen LogP) is 4.09. The Kier molecular flexibility index (Phi) is 5.03. The number of halogens is 1. The first kappa shape index (κ1) is 21.0. The lowest BCUT2D eigenvalue weighted by Crippen LogP contribution is -2.30. The Morgan fingerprint density at radius 3 is 2.10 bits per heavy atom. The maximum Gasteiger partial charge on any atom is 0.335 e. The van der Waals surface area contributed by atoms with E-state index in [1.54, 1.807) is 25.1 Å². The summed E-state index contributed by atoms with van der Waals surface area (Å²) in [5.74, 6) is -2.31. The van der Waals surface area contributed by atoms with Gasteiger partial charge >= 0.3 is 5.97 Å². The molecule has 2 amide bonds. The van der Waals surface area contributed by atoms with Crippen molar-refractivity contribution < 1.29 is 27.9 Å². The number of hydrogen-bond acceptors (Lipinski definition) is 5. The van der Waals surface area contributed by atoms with E-state index >= 15 is 0 Å². The zero-order chi connectivity index (χ0) is 22.5. The smallest absolute Gasteiger partial charge is 0.335 e. The summed E-state index contributed by atoms with van der Waals surface area (Å²) < 4.78 is 26.8. The number of aromatic carboxylic acids is 1. The van der Waals surface area contributed by atoms with Crippen LogP contribution < -0.4 is 4.90 Å². The number of carboxylic acids is 1. The van der Waals surface area contributed by atoms with E-state index in [9.17, 15) is 22.8 Å². The molecule has 7 nitrogen and oxygen atoms in total. The second kappa shape index (κ2) is 7.44. The number of hydrogen-bond donors (Lipinski definition) is 1. The molecule has 0 radical (unpaired) electrons. The van der Waals surface area contributed by atoms with E-state index in [1.165, 1.54) is 42.5 Å². The van der Waals surface area contributed by atoms with Crippen LogP contribution in [-0.4, -0.2) is 31.3 Å². The van der Waals surface area contributed by atoms with Crippen molar-refractivity contribution in [3.05, 3.63) is 87.4 Å². The average Bonchev–Trinajstić information content (AvgIpc) is 2.98. The molecule has 1 N–H and O–H groups in total. The molecule has 0 spiro atoms. The van der Waals surface area contributed by atoms with E-state index < -0.39 is 27.6 Å². The van der Waals surface area contributed by atoms with E-state index in [4.69, 9.17) is 5.11 Å². The fraction of sp³-hybridized carbons (Fsp3) is 0.0455. The van der Waals surface area contributed by atoms with Gasteiger partial charge in [0, 0.05) is 4.47 Å². The van der Waals surface area contributed by atoms with Crippen LogP contribution >= 0.6 is 15.9 Å². The molecule has 4 rings (SSSR count). The van der Waals surface area contributed by atoms with Gasteiger partial charge in [0.25, 0.3) is 11.8 Å². The number of anilines is 1. The summed E-state index contributed by atoms with van der Waals surface area (Å²) in [5.41, 5.74) is 1.19.